The van der Waals surface area contributed by atoms with E-state index in [4.69, 9.17) is 40.5 Å². The summed E-state index contributed by atoms with van der Waals surface area (Å²) in [5, 5.41) is 4.47. The summed E-state index contributed by atoms with van der Waals surface area (Å²) < 4.78 is 0. The molecule has 1 aliphatic heterocycles. The van der Waals surface area contributed by atoms with Crippen LogP contribution in [-0.2, 0) is 27.2 Å². The highest BCUT2D eigenvalue weighted by Crippen LogP contribution is 2.30. The highest BCUT2D eigenvalue weighted by molar-refractivity contribution is 6.35. The maximum atomic E-state index is 14.0. The van der Waals surface area contributed by atoms with Crippen molar-refractivity contribution in [2.24, 2.45) is 0 Å². The van der Waals surface area contributed by atoms with Crippen LogP contribution in [0, 0.1) is 0 Å². The number of nitrogens with two attached hydrogens (primary N) is 1. The SMILES string of the molecule is Nc1ccc(CCN2CC(=O)N(CCC(c3ccccc3)c3ccccc3)C(CC(=O)NCCc3ccc(Cl)cc3Cl)C2=O)c(Cl)c1. The molecule has 0 radical (unpaired) electrons. The van der Waals surface area contributed by atoms with E-state index >= 15 is 0 Å². The van der Waals surface area contributed by atoms with E-state index in [1.807, 2.05) is 48.5 Å². The Labute approximate surface area is 290 Å². The van der Waals surface area contributed by atoms with Gasteiger partial charge in [-0.2, -0.15) is 0 Å². The molecule has 1 unspecified atom stereocenters. The standard InChI is InChI=1S/C37H37Cl3N4O3/c38-29-13-11-27(32(39)21-29)15-18-42-35(45)23-34-37(47)43(19-16-28-12-14-30(41)22-33(28)40)24-36(46)44(34)20-17-31(25-7-3-1-4-8-25)26-9-5-2-6-10-26/h1-14,21-22,31,34H,15-20,23-24,41H2,(H,42,45). The number of rotatable bonds is 13. The predicted molar refractivity (Wildman–Crippen MR) is 189 cm³/mol. The number of piperazine rings is 1. The van der Waals surface area contributed by atoms with Crippen molar-refractivity contribution in [3.8, 4) is 0 Å². The third-order valence-corrected chi connectivity index (χ3v) is 9.46. The summed E-state index contributed by atoms with van der Waals surface area (Å²) in [6.07, 6.45) is 1.37. The van der Waals surface area contributed by atoms with E-state index in [1.165, 1.54) is 4.90 Å². The second kappa shape index (κ2) is 16.2. The molecule has 0 saturated carbocycles. The first-order valence-electron chi connectivity index (χ1n) is 15.6. The third kappa shape index (κ3) is 9.07. The predicted octanol–water partition coefficient (Wildman–Crippen LogP) is 6.78. The monoisotopic (exact) mass is 690 g/mol. The fraction of sp³-hybridized carbons (Fsp3) is 0.270. The number of amides is 3. The van der Waals surface area contributed by atoms with Gasteiger partial charge >= 0.3 is 0 Å². The number of carbonyl (C=O) groups excluding carboxylic acids is 3. The van der Waals surface area contributed by atoms with Gasteiger partial charge in [-0.3, -0.25) is 14.4 Å². The van der Waals surface area contributed by atoms with Crippen molar-refractivity contribution in [2.45, 2.75) is 37.6 Å². The quantitative estimate of drug-likeness (QED) is 0.151. The van der Waals surface area contributed by atoms with Gasteiger partial charge in [0.1, 0.15) is 6.04 Å². The van der Waals surface area contributed by atoms with Gasteiger partial charge in [-0.25, -0.2) is 0 Å². The van der Waals surface area contributed by atoms with Crippen molar-refractivity contribution < 1.29 is 14.4 Å². The Balaban J connectivity index is 1.32. The van der Waals surface area contributed by atoms with Crippen molar-refractivity contribution in [1.29, 1.82) is 0 Å². The second-order valence-corrected chi connectivity index (χ2v) is 12.9. The molecule has 1 aliphatic rings. The summed E-state index contributed by atoms with van der Waals surface area (Å²) in [5.41, 5.74) is 10.3. The van der Waals surface area contributed by atoms with Crippen LogP contribution in [0.3, 0.4) is 0 Å². The topological polar surface area (TPSA) is 95.7 Å². The first-order valence-corrected chi connectivity index (χ1v) is 16.8. The molecule has 3 N–H and O–H groups in total. The van der Waals surface area contributed by atoms with Gasteiger partial charge < -0.3 is 20.9 Å². The summed E-state index contributed by atoms with van der Waals surface area (Å²) in [6.45, 7) is 0.847. The van der Waals surface area contributed by atoms with Crippen molar-refractivity contribution in [1.82, 2.24) is 15.1 Å². The number of benzene rings is 4. The molecule has 47 heavy (non-hydrogen) atoms. The van der Waals surface area contributed by atoms with E-state index < -0.39 is 6.04 Å². The Bertz CT molecular complexity index is 1660. The highest BCUT2D eigenvalue weighted by atomic mass is 35.5. The van der Waals surface area contributed by atoms with Crippen LogP contribution in [0.25, 0.3) is 0 Å². The Hall–Kier alpha value is -4.04. The normalized spacial score (nSPS) is 14.9. The van der Waals surface area contributed by atoms with Crippen LogP contribution in [0.1, 0.15) is 41.0 Å². The van der Waals surface area contributed by atoms with Gasteiger partial charge in [-0.05, 0) is 65.8 Å². The van der Waals surface area contributed by atoms with Crippen molar-refractivity contribution in [3.05, 3.63) is 134 Å². The Morgan fingerprint density at radius 2 is 1.43 bits per heavy atom. The fourth-order valence-corrected chi connectivity index (χ4v) is 6.80. The van der Waals surface area contributed by atoms with Crippen LogP contribution in [0.2, 0.25) is 15.1 Å². The third-order valence-electron chi connectivity index (χ3n) is 8.52. The highest BCUT2D eigenvalue weighted by Gasteiger charge is 2.40. The number of nitrogens with one attached hydrogen (secondary N) is 1. The van der Waals surface area contributed by atoms with Gasteiger partial charge in [0, 0.05) is 46.3 Å². The molecule has 5 rings (SSSR count). The van der Waals surface area contributed by atoms with E-state index in [2.05, 4.69) is 29.6 Å². The number of halogens is 3. The molecular formula is C37H37Cl3N4O3. The maximum Gasteiger partial charge on any atom is 0.246 e. The zero-order valence-electron chi connectivity index (χ0n) is 25.9. The minimum absolute atomic E-state index is 0.00425. The van der Waals surface area contributed by atoms with E-state index in [0.717, 1.165) is 22.3 Å². The lowest BCUT2D eigenvalue weighted by molar-refractivity contribution is -0.157. The fourth-order valence-electron chi connectivity index (χ4n) is 6.01. The van der Waals surface area contributed by atoms with Crippen molar-refractivity contribution in [3.63, 3.8) is 0 Å². The molecule has 0 bridgehead atoms. The van der Waals surface area contributed by atoms with Crippen molar-refractivity contribution in [2.75, 3.05) is 31.9 Å². The lowest BCUT2D eigenvalue weighted by Gasteiger charge is -2.40. The van der Waals surface area contributed by atoms with Gasteiger partial charge in [-0.15, -0.1) is 0 Å². The Kier molecular flexibility index (Phi) is 11.8. The molecule has 0 aromatic heterocycles. The largest absolute Gasteiger partial charge is 0.399 e. The van der Waals surface area contributed by atoms with Gasteiger partial charge in [0.2, 0.25) is 17.7 Å². The average Bonchev–Trinajstić information content (AvgIpc) is 3.06. The molecule has 1 atom stereocenters. The molecule has 1 heterocycles. The number of hydrogen-bond donors (Lipinski definition) is 2. The summed E-state index contributed by atoms with van der Waals surface area (Å²) >= 11 is 18.7. The minimum Gasteiger partial charge on any atom is -0.399 e. The second-order valence-electron chi connectivity index (χ2n) is 11.7. The molecule has 4 aromatic rings. The van der Waals surface area contributed by atoms with Gasteiger partial charge in [0.15, 0.2) is 0 Å². The number of nitrogens with zero attached hydrogens (tertiary/aromatic N) is 2. The molecule has 1 saturated heterocycles. The first kappa shape index (κ1) is 34.3. The number of anilines is 1. The van der Waals surface area contributed by atoms with Gasteiger partial charge in [-0.1, -0.05) is 108 Å². The van der Waals surface area contributed by atoms with E-state index in [-0.39, 0.29) is 43.1 Å². The zero-order valence-corrected chi connectivity index (χ0v) is 28.1. The molecule has 7 nitrogen and oxygen atoms in total. The zero-order chi connectivity index (χ0) is 33.3. The van der Waals surface area contributed by atoms with Gasteiger partial charge in [0.25, 0.3) is 0 Å². The number of carbonyl (C=O) groups is 3. The Morgan fingerprint density at radius 3 is 2.06 bits per heavy atom. The molecule has 0 spiro atoms. The van der Waals surface area contributed by atoms with Crippen LogP contribution < -0.4 is 11.1 Å². The van der Waals surface area contributed by atoms with E-state index in [9.17, 15) is 14.4 Å². The number of nitrogen functional groups attached to an aromatic ring is 1. The van der Waals surface area contributed by atoms with Gasteiger partial charge in [0.05, 0.1) is 13.0 Å². The minimum atomic E-state index is -0.940. The molecule has 244 valence electrons. The summed E-state index contributed by atoms with van der Waals surface area (Å²) in [4.78, 5) is 44.1. The lowest BCUT2D eigenvalue weighted by Crippen LogP contribution is -2.61. The van der Waals surface area contributed by atoms with Crippen LogP contribution in [0.15, 0.2) is 97.1 Å². The van der Waals surface area contributed by atoms with Crippen LogP contribution >= 0.6 is 34.8 Å². The van der Waals surface area contributed by atoms with Crippen LogP contribution in [-0.4, -0.2) is 59.7 Å². The average molecular weight is 692 g/mol. The molecule has 4 aromatic carbocycles. The molecular weight excluding hydrogens is 655 g/mol. The smallest absolute Gasteiger partial charge is 0.246 e. The van der Waals surface area contributed by atoms with E-state index in [0.29, 0.717) is 53.1 Å². The van der Waals surface area contributed by atoms with Crippen LogP contribution in [0.4, 0.5) is 5.69 Å². The van der Waals surface area contributed by atoms with Crippen LogP contribution in [0.5, 0.6) is 0 Å². The number of hydrogen-bond acceptors (Lipinski definition) is 4. The molecule has 10 heteroatoms. The van der Waals surface area contributed by atoms with Crippen molar-refractivity contribution >= 4 is 58.2 Å². The Morgan fingerprint density at radius 1 is 0.809 bits per heavy atom. The van der Waals surface area contributed by atoms with E-state index in [1.54, 1.807) is 29.2 Å². The molecule has 1 fully saturated rings. The first-order chi connectivity index (χ1) is 22.7. The lowest BCUT2D eigenvalue weighted by atomic mass is 9.88. The maximum absolute atomic E-state index is 14.0. The molecule has 3 amide bonds. The molecule has 0 aliphatic carbocycles. The summed E-state index contributed by atoms with van der Waals surface area (Å²) in [7, 11) is 0. The summed E-state index contributed by atoms with van der Waals surface area (Å²) in [6, 6.07) is 29.8. The summed E-state index contributed by atoms with van der Waals surface area (Å²) in [5.74, 6) is -0.774.